The van der Waals surface area contributed by atoms with Crippen molar-refractivity contribution in [2.45, 2.75) is 32.7 Å². The highest BCUT2D eigenvalue weighted by molar-refractivity contribution is 5.93. The summed E-state index contributed by atoms with van der Waals surface area (Å²) in [6.45, 7) is 6.56. The minimum atomic E-state index is -0.526. The van der Waals surface area contributed by atoms with Crippen LogP contribution in [0.5, 0.6) is 0 Å². The summed E-state index contributed by atoms with van der Waals surface area (Å²) in [7, 11) is 0. The molecule has 7 nitrogen and oxygen atoms in total. The van der Waals surface area contributed by atoms with Crippen LogP contribution in [0.1, 0.15) is 37.2 Å². The molecule has 0 saturated carbocycles. The van der Waals surface area contributed by atoms with Crippen LogP contribution in [-0.2, 0) is 0 Å². The summed E-state index contributed by atoms with van der Waals surface area (Å²) in [6, 6.07) is 2.87. The predicted octanol–water partition coefficient (Wildman–Crippen LogP) is 1.77. The summed E-state index contributed by atoms with van der Waals surface area (Å²) in [5.74, 6) is 0.111. The number of carbonyl (C=O) groups excluding carboxylic acids is 1. The molecule has 0 bridgehead atoms. The maximum atomic E-state index is 12.5. The molecule has 0 aromatic carbocycles. The zero-order valence-electron chi connectivity index (χ0n) is 12.5. The van der Waals surface area contributed by atoms with E-state index < -0.39 is 4.92 Å². The number of aromatic amines is 1. The number of carbonyl (C=O) groups is 1. The van der Waals surface area contributed by atoms with Crippen molar-refractivity contribution in [1.82, 2.24) is 15.2 Å². The van der Waals surface area contributed by atoms with Crippen molar-refractivity contribution in [2.24, 2.45) is 5.92 Å². The van der Waals surface area contributed by atoms with E-state index in [0.717, 1.165) is 25.9 Å². The van der Waals surface area contributed by atoms with Gasteiger partial charge in [0.15, 0.2) is 5.69 Å². The van der Waals surface area contributed by atoms with Gasteiger partial charge in [-0.05, 0) is 56.7 Å². The van der Waals surface area contributed by atoms with Crippen molar-refractivity contribution < 1.29 is 9.72 Å². The lowest BCUT2D eigenvalue weighted by Crippen LogP contribution is -2.44. The van der Waals surface area contributed by atoms with Gasteiger partial charge in [0, 0.05) is 18.7 Å². The maximum absolute atomic E-state index is 12.5. The number of rotatable bonds is 5. The number of nitro groups is 1. The summed E-state index contributed by atoms with van der Waals surface area (Å²) < 4.78 is 0. The molecule has 1 aliphatic heterocycles. The quantitative estimate of drug-likeness (QED) is 0.639. The number of H-pyrrole nitrogens is 1. The van der Waals surface area contributed by atoms with Crippen molar-refractivity contribution >= 4 is 11.7 Å². The van der Waals surface area contributed by atoms with Gasteiger partial charge in [-0.15, -0.1) is 0 Å². The first kappa shape index (κ1) is 15.5. The second kappa shape index (κ2) is 6.71. The molecule has 21 heavy (non-hydrogen) atoms. The molecule has 1 fully saturated rings. The molecule has 1 saturated heterocycles. The Kier molecular flexibility index (Phi) is 4.95. The number of amides is 1. The summed E-state index contributed by atoms with van der Waals surface area (Å²) in [6.07, 6.45) is 2.23. The lowest BCUT2D eigenvalue weighted by molar-refractivity contribution is -0.389. The Bertz CT molecular complexity index is 506. The van der Waals surface area contributed by atoms with Crippen LogP contribution in [0.2, 0.25) is 0 Å². The molecule has 1 unspecified atom stereocenters. The lowest BCUT2D eigenvalue weighted by atomic mass is 9.98. The van der Waals surface area contributed by atoms with Crippen molar-refractivity contribution in [2.75, 3.05) is 19.6 Å². The highest BCUT2D eigenvalue weighted by atomic mass is 16.6. The van der Waals surface area contributed by atoms with Crippen molar-refractivity contribution in [1.29, 1.82) is 0 Å². The van der Waals surface area contributed by atoms with Crippen molar-refractivity contribution in [3.8, 4) is 0 Å². The number of aromatic nitrogens is 1. The minimum absolute atomic E-state index is 0.0572. The van der Waals surface area contributed by atoms with Gasteiger partial charge in [-0.2, -0.15) is 0 Å². The van der Waals surface area contributed by atoms with Crippen LogP contribution in [-0.4, -0.2) is 46.4 Å². The fraction of sp³-hybridized carbons (Fsp3) is 0.643. The van der Waals surface area contributed by atoms with E-state index in [1.165, 1.54) is 12.1 Å². The predicted molar refractivity (Wildman–Crippen MR) is 79.2 cm³/mol. The summed E-state index contributed by atoms with van der Waals surface area (Å²) in [5.41, 5.74) is 0.277. The molecule has 0 radical (unpaired) electrons. The van der Waals surface area contributed by atoms with Crippen LogP contribution in [0.4, 0.5) is 5.82 Å². The van der Waals surface area contributed by atoms with Gasteiger partial charge >= 0.3 is 5.82 Å². The molecule has 116 valence electrons. The van der Waals surface area contributed by atoms with E-state index in [2.05, 4.69) is 10.3 Å². The third-order valence-electron chi connectivity index (χ3n) is 3.84. The van der Waals surface area contributed by atoms with Gasteiger partial charge in [0.1, 0.15) is 0 Å². The Morgan fingerprint density at radius 2 is 2.29 bits per heavy atom. The molecule has 1 aromatic heterocycles. The summed E-state index contributed by atoms with van der Waals surface area (Å²) in [4.78, 5) is 27.1. The lowest BCUT2D eigenvalue weighted by Gasteiger charge is -2.32. The molecule has 0 aliphatic carbocycles. The Balaban J connectivity index is 2.08. The van der Waals surface area contributed by atoms with Crippen LogP contribution in [0.3, 0.4) is 0 Å². The van der Waals surface area contributed by atoms with E-state index >= 15 is 0 Å². The van der Waals surface area contributed by atoms with Crippen LogP contribution < -0.4 is 5.32 Å². The molecule has 1 aromatic rings. The molecule has 2 heterocycles. The van der Waals surface area contributed by atoms with Crippen LogP contribution >= 0.6 is 0 Å². The van der Waals surface area contributed by atoms with Gasteiger partial charge in [-0.3, -0.25) is 4.79 Å². The number of nitrogens with one attached hydrogen (secondary N) is 2. The van der Waals surface area contributed by atoms with Gasteiger partial charge in [0.25, 0.3) is 5.91 Å². The second-order valence-electron chi connectivity index (χ2n) is 5.78. The van der Waals surface area contributed by atoms with Gasteiger partial charge in [-0.25, -0.2) is 4.98 Å². The highest BCUT2D eigenvalue weighted by Crippen LogP contribution is 2.17. The average molecular weight is 294 g/mol. The average Bonchev–Trinajstić information content (AvgIpc) is 2.95. The number of hydrogen-bond acceptors (Lipinski definition) is 4. The molecular weight excluding hydrogens is 272 g/mol. The standard InChI is InChI=1S/C14H22N4O3/c1-10(2)17(9-11-4-3-7-15-8-11)14(19)12-5-6-13(16-12)18(20)21/h5-6,10-11,15-16H,3-4,7-9H2,1-2H3. The highest BCUT2D eigenvalue weighted by Gasteiger charge is 2.26. The zero-order valence-corrected chi connectivity index (χ0v) is 12.5. The first-order valence-corrected chi connectivity index (χ1v) is 7.34. The third-order valence-corrected chi connectivity index (χ3v) is 3.84. The van der Waals surface area contributed by atoms with E-state index in [-0.39, 0.29) is 23.5 Å². The molecule has 0 spiro atoms. The zero-order chi connectivity index (χ0) is 15.4. The molecule has 2 rings (SSSR count). The van der Waals surface area contributed by atoms with Gasteiger partial charge in [0.2, 0.25) is 0 Å². The molecule has 2 N–H and O–H groups in total. The monoisotopic (exact) mass is 294 g/mol. The normalized spacial score (nSPS) is 18.7. The molecular formula is C14H22N4O3. The van der Waals surface area contributed by atoms with E-state index in [9.17, 15) is 14.9 Å². The fourth-order valence-corrected chi connectivity index (χ4v) is 2.66. The Morgan fingerprint density at radius 3 is 2.81 bits per heavy atom. The van der Waals surface area contributed by atoms with Gasteiger partial charge in [0.05, 0.1) is 0 Å². The van der Waals surface area contributed by atoms with E-state index in [4.69, 9.17) is 0 Å². The van der Waals surface area contributed by atoms with Crippen LogP contribution in [0.25, 0.3) is 0 Å². The number of hydrogen-bond donors (Lipinski definition) is 2. The van der Waals surface area contributed by atoms with Crippen LogP contribution in [0, 0.1) is 16.0 Å². The number of nitrogens with zero attached hydrogens (tertiary/aromatic N) is 2. The summed E-state index contributed by atoms with van der Waals surface area (Å²) >= 11 is 0. The Hall–Kier alpha value is -1.89. The smallest absolute Gasteiger partial charge is 0.321 e. The second-order valence-corrected chi connectivity index (χ2v) is 5.78. The number of piperidine rings is 1. The topological polar surface area (TPSA) is 91.3 Å². The van der Waals surface area contributed by atoms with Crippen molar-refractivity contribution in [3.05, 3.63) is 27.9 Å². The Labute approximate surface area is 123 Å². The summed E-state index contributed by atoms with van der Waals surface area (Å²) in [5, 5.41) is 14.0. The minimum Gasteiger partial charge on any atom is -0.358 e. The fourth-order valence-electron chi connectivity index (χ4n) is 2.66. The van der Waals surface area contributed by atoms with E-state index in [1.807, 2.05) is 13.8 Å². The first-order chi connectivity index (χ1) is 9.99. The van der Waals surface area contributed by atoms with Gasteiger partial charge < -0.3 is 20.3 Å². The Morgan fingerprint density at radius 1 is 1.52 bits per heavy atom. The molecule has 1 aliphatic rings. The SMILES string of the molecule is CC(C)N(CC1CCCNC1)C(=O)c1ccc([N+](=O)[O-])[nH]1. The maximum Gasteiger partial charge on any atom is 0.321 e. The largest absolute Gasteiger partial charge is 0.358 e. The van der Waals surface area contributed by atoms with E-state index in [1.54, 1.807) is 4.90 Å². The first-order valence-electron chi connectivity index (χ1n) is 7.34. The third kappa shape index (κ3) is 3.81. The van der Waals surface area contributed by atoms with Gasteiger partial charge in [-0.1, -0.05) is 0 Å². The van der Waals surface area contributed by atoms with E-state index in [0.29, 0.717) is 12.5 Å². The molecule has 1 atom stereocenters. The van der Waals surface area contributed by atoms with Crippen molar-refractivity contribution in [3.63, 3.8) is 0 Å². The molecule has 1 amide bonds. The molecule has 7 heteroatoms. The van der Waals surface area contributed by atoms with Crippen LogP contribution in [0.15, 0.2) is 12.1 Å².